The maximum atomic E-state index is 12.7. The Balaban J connectivity index is 2.05. The molecule has 0 spiro atoms. The fraction of sp³-hybridized carbons (Fsp3) is 0.688. The molecule has 2 rings (SSSR count). The van der Waals surface area contributed by atoms with Gasteiger partial charge in [-0.3, -0.25) is 4.79 Å². The Morgan fingerprint density at radius 3 is 2.60 bits per heavy atom. The first-order chi connectivity index (χ1) is 9.52. The highest BCUT2D eigenvalue weighted by molar-refractivity contribution is 9.10. The monoisotopic (exact) mass is 340 g/mol. The molecule has 0 saturated carbocycles. The molecule has 1 aliphatic rings. The van der Waals surface area contributed by atoms with Crippen LogP contribution < -0.4 is 0 Å². The van der Waals surface area contributed by atoms with Gasteiger partial charge in [-0.25, -0.2) is 0 Å². The van der Waals surface area contributed by atoms with E-state index in [2.05, 4.69) is 41.3 Å². The highest BCUT2D eigenvalue weighted by Crippen LogP contribution is 2.26. The molecule has 0 atom stereocenters. The van der Waals surface area contributed by atoms with E-state index in [1.54, 1.807) is 0 Å². The third-order valence-corrected chi connectivity index (χ3v) is 4.75. The number of piperidine rings is 1. The molecule has 1 aliphatic heterocycles. The van der Waals surface area contributed by atoms with Crippen molar-refractivity contribution in [3.63, 3.8) is 0 Å². The van der Waals surface area contributed by atoms with Crippen LogP contribution in [0.25, 0.3) is 0 Å². The average Bonchev–Trinajstić information content (AvgIpc) is 2.79. The van der Waals surface area contributed by atoms with Crippen LogP contribution in [0.3, 0.4) is 0 Å². The van der Waals surface area contributed by atoms with Gasteiger partial charge in [-0.2, -0.15) is 0 Å². The molecule has 0 unspecified atom stereocenters. The molecule has 1 aromatic heterocycles. The Bertz CT molecular complexity index is 459. The van der Waals surface area contributed by atoms with Crippen LogP contribution in [0, 0.1) is 11.8 Å². The Hall–Kier alpha value is -0.770. The summed E-state index contributed by atoms with van der Waals surface area (Å²) in [5.74, 6) is 1.69. The van der Waals surface area contributed by atoms with Crippen molar-refractivity contribution in [3.8, 4) is 0 Å². The van der Waals surface area contributed by atoms with Gasteiger partial charge in [-0.15, -0.1) is 0 Å². The SMILES string of the molecule is CCCn1cc(Br)cc1C(=O)N1CCC(C(C)C)CC1. The van der Waals surface area contributed by atoms with Crippen molar-refractivity contribution in [2.75, 3.05) is 13.1 Å². The van der Waals surface area contributed by atoms with Gasteiger partial charge in [-0.05, 0) is 53.1 Å². The summed E-state index contributed by atoms with van der Waals surface area (Å²) in [6.45, 7) is 9.40. The first kappa shape index (κ1) is 15.6. The zero-order valence-corrected chi connectivity index (χ0v) is 14.3. The fourth-order valence-electron chi connectivity index (χ4n) is 3.01. The van der Waals surface area contributed by atoms with E-state index in [1.165, 1.54) is 0 Å². The number of carbonyl (C=O) groups is 1. The number of halogens is 1. The summed E-state index contributed by atoms with van der Waals surface area (Å²) in [6.07, 6.45) is 5.33. The highest BCUT2D eigenvalue weighted by Gasteiger charge is 2.26. The second-order valence-electron chi connectivity index (χ2n) is 6.11. The summed E-state index contributed by atoms with van der Waals surface area (Å²) in [6, 6.07) is 1.95. The quantitative estimate of drug-likeness (QED) is 0.807. The maximum Gasteiger partial charge on any atom is 0.270 e. The molecule has 0 bridgehead atoms. The smallest absolute Gasteiger partial charge is 0.270 e. The molecule has 1 fully saturated rings. The lowest BCUT2D eigenvalue weighted by Gasteiger charge is -2.34. The molecule has 4 heteroatoms. The fourth-order valence-corrected chi connectivity index (χ4v) is 3.47. The molecular weight excluding hydrogens is 316 g/mol. The Kier molecular flexibility index (Phi) is 5.30. The third-order valence-electron chi connectivity index (χ3n) is 4.32. The van der Waals surface area contributed by atoms with Gasteiger partial charge in [0.2, 0.25) is 0 Å². The van der Waals surface area contributed by atoms with Crippen LogP contribution in [0.5, 0.6) is 0 Å². The zero-order valence-electron chi connectivity index (χ0n) is 12.7. The van der Waals surface area contributed by atoms with E-state index in [9.17, 15) is 4.79 Å². The second-order valence-corrected chi connectivity index (χ2v) is 7.03. The largest absolute Gasteiger partial charge is 0.342 e. The van der Waals surface area contributed by atoms with Crippen LogP contribution in [-0.4, -0.2) is 28.5 Å². The van der Waals surface area contributed by atoms with Gasteiger partial charge >= 0.3 is 0 Å². The number of amides is 1. The molecule has 0 radical (unpaired) electrons. The van der Waals surface area contributed by atoms with Crippen LogP contribution in [-0.2, 0) is 6.54 Å². The van der Waals surface area contributed by atoms with Crippen LogP contribution in [0.2, 0.25) is 0 Å². The van der Waals surface area contributed by atoms with Crippen LogP contribution in [0.15, 0.2) is 16.7 Å². The van der Waals surface area contributed by atoms with Crippen molar-refractivity contribution in [2.24, 2.45) is 11.8 Å². The molecule has 1 saturated heterocycles. The molecule has 1 amide bonds. The van der Waals surface area contributed by atoms with Gasteiger partial charge in [0.05, 0.1) is 0 Å². The summed E-state index contributed by atoms with van der Waals surface area (Å²) < 4.78 is 3.06. The van der Waals surface area contributed by atoms with E-state index in [-0.39, 0.29) is 5.91 Å². The van der Waals surface area contributed by atoms with E-state index in [4.69, 9.17) is 0 Å². The number of aryl methyl sites for hydroxylation is 1. The molecule has 0 aliphatic carbocycles. The minimum absolute atomic E-state index is 0.186. The Morgan fingerprint density at radius 2 is 2.05 bits per heavy atom. The Labute approximate surface area is 130 Å². The van der Waals surface area contributed by atoms with E-state index in [1.807, 2.05) is 17.2 Å². The minimum atomic E-state index is 0.186. The molecular formula is C16H25BrN2O. The lowest BCUT2D eigenvalue weighted by Crippen LogP contribution is -2.40. The molecule has 0 N–H and O–H groups in total. The van der Waals surface area contributed by atoms with Crippen LogP contribution in [0.4, 0.5) is 0 Å². The number of hydrogen-bond acceptors (Lipinski definition) is 1. The minimum Gasteiger partial charge on any atom is -0.342 e. The van der Waals surface area contributed by atoms with E-state index in [0.717, 1.165) is 60.9 Å². The number of likely N-dealkylation sites (tertiary alicyclic amines) is 1. The molecule has 2 heterocycles. The topological polar surface area (TPSA) is 25.2 Å². The van der Waals surface area contributed by atoms with Crippen molar-refractivity contribution in [3.05, 3.63) is 22.4 Å². The van der Waals surface area contributed by atoms with Crippen molar-refractivity contribution in [2.45, 2.75) is 46.6 Å². The van der Waals surface area contributed by atoms with Crippen molar-refractivity contribution >= 4 is 21.8 Å². The zero-order chi connectivity index (χ0) is 14.7. The summed E-state index contributed by atoms with van der Waals surface area (Å²) in [5, 5.41) is 0. The second kappa shape index (κ2) is 6.79. The maximum absolute atomic E-state index is 12.7. The van der Waals surface area contributed by atoms with Gasteiger partial charge in [0.25, 0.3) is 5.91 Å². The average molecular weight is 341 g/mol. The van der Waals surface area contributed by atoms with E-state index < -0.39 is 0 Å². The predicted molar refractivity (Wildman–Crippen MR) is 85.9 cm³/mol. The van der Waals surface area contributed by atoms with Crippen molar-refractivity contribution in [1.29, 1.82) is 0 Å². The van der Waals surface area contributed by atoms with Gasteiger partial charge in [0.15, 0.2) is 0 Å². The summed E-state index contributed by atoms with van der Waals surface area (Å²) in [4.78, 5) is 14.7. The number of nitrogens with zero attached hydrogens (tertiary/aromatic N) is 2. The lowest BCUT2D eigenvalue weighted by molar-refractivity contribution is 0.0656. The summed E-state index contributed by atoms with van der Waals surface area (Å²) in [5.41, 5.74) is 0.821. The lowest BCUT2D eigenvalue weighted by atomic mass is 9.86. The molecule has 1 aromatic rings. The standard InChI is InChI=1S/C16H25BrN2O/c1-4-7-19-11-14(17)10-15(19)16(20)18-8-5-13(6-9-18)12(2)3/h10-13H,4-9H2,1-3H3. The number of hydrogen-bond donors (Lipinski definition) is 0. The molecule has 0 aromatic carbocycles. The summed E-state index contributed by atoms with van der Waals surface area (Å²) >= 11 is 3.48. The Morgan fingerprint density at radius 1 is 1.40 bits per heavy atom. The van der Waals surface area contributed by atoms with Gasteiger partial charge < -0.3 is 9.47 Å². The van der Waals surface area contributed by atoms with Crippen LogP contribution in [0.1, 0.15) is 50.5 Å². The summed E-state index contributed by atoms with van der Waals surface area (Å²) in [7, 11) is 0. The van der Waals surface area contributed by atoms with Gasteiger partial charge in [0.1, 0.15) is 5.69 Å². The van der Waals surface area contributed by atoms with E-state index >= 15 is 0 Å². The molecule has 20 heavy (non-hydrogen) atoms. The molecule has 112 valence electrons. The van der Waals surface area contributed by atoms with Gasteiger partial charge in [0, 0.05) is 30.3 Å². The number of rotatable bonds is 4. The first-order valence-electron chi connectivity index (χ1n) is 7.67. The number of carbonyl (C=O) groups excluding carboxylic acids is 1. The number of aromatic nitrogens is 1. The predicted octanol–water partition coefficient (Wildman–Crippen LogP) is 4.17. The normalized spacial score (nSPS) is 16.9. The first-order valence-corrected chi connectivity index (χ1v) is 8.47. The third kappa shape index (κ3) is 3.46. The van der Waals surface area contributed by atoms with Crippen molar-refractivity contribution in [1.82, 2.24) is 9.47 Å². The van der Waals surface area contributed by atoms with E-state index in [0.29, 0.717) is 0 Å². The van der Waals surface area contributed by atoms with Crippen molar-refractivity contribution < 1.29 is 4.79 Å². The van der Waals surface area contributed by atoms with Gasteiger partial charge in [-0.1, -0.05) is 20.8 Å². The molecule has 3 nitrogen and oxygen atoms in total. The van der Waals surface area contributed by atoms with Crippen LogP contribution >= 0.6 is 15.9 Å². The highest BCUT2D eigenvalue weighted by atomic mass is 79.9.